The Balaban J connectivity index is 2.32. The van der Waals surface area contributed by atoms with Crippen LogP contribution in [0.25, 0.3) is 0 Å². The van der Waals surface area contributed by atoms with Crippen LogP contribution >= 0.6 is 0 Å². The van der Waals surface area contributed by atoms with Crippen LogP contribution in [0.5, 0.6) is 0 Å². The number of allylic oxidation sites excluding steroid dienone is 3. The van der Waals surface area contributed by atoms with Crippen molar-refractivity contribution in [2.75, 3.05) is 0 Å². The van der Waals surface area contributed by atoms with Crippen LogP contribution in [0.1, 0.15) is 19.8 Å². The number of nitrogens with zero attached hydrogens (tertiary/aromatic N) is 1. The van der Waals surface area contributed by atoms with E-state index < -0.39 is 0 Å². The number of aliphatic imine (C=N–C) groups is 1. The lowest BCUT2D eigenvalue weighted by Crippen LogP contribution is -2.10. The van der Waals surface area contributed by atoms with Gasteiger partial charge in [0.15, 0.2) is 0 Å². The third kappa shape index (κ3) is 1.13. The lowest BCUT2D eigenvalue weighted by molar-refractivity contribution is 0.606. The van der Waals surface area contributed by atoms with Crippen LogP contribution in [0, 0.1) is 5.92 Å². The van der Waals surface area contributed by atoms with Gasteiger partial charge in [0, 0.05) is 6.08 Å². The second-order valence-corrected chi connectivity index (χ2v) is 3.23. The molecule has 11 heavy (non-hydrogen) atoms. The molecule has 0 bridgehead atoms. The van der Waals surface area contributed by atoms with Gasteiger partial charge in [0.05, 0.1) is 5.71 Å². The second kappa shape index (κ2) is 2.29. The molecule has 1 atom stereocenters. The van der Waals surface area contributed by atoms with E-state index in [4.69, 9.17) is 0 Å². The standard InChI is InChI=1S/C9H10FN/c1-6-2-3-7-5-9(10)11-8(7)4-6/h3,5-6H,2,4H2,1H3. The molecular formula is C9H10FN. The Hall–Kier alpha value is -0.920. The summed E-state index contributed by atoms with van der Waals surface area (Å²) < 4.78 is 12.6. The average molecular weight is 151 g/mol. The Kier molecular flexibility index (Phi) is 1.41. The summed E-state index contributed by atoms with van der Waals surface area (Å²) in [5.41, 5.74) is 1.93. The number of halogens is 1. The zero-order chi connectivity index (χ0) is 7.84. The van der Waals surface area contributed by atoms with Gasteiger partial charge in [0.1, 0.15) is 0 Å². The van der Waals surface area contributed by atoms with E-state index in [1.807, 2.05) is 0 Å². The molecule has 2 heteroatoms. The summed E-state index contributed by atoms with van der Waals surface area (Å²) in [6.07, 6.45) is 5.56. The van der Waals surface area contributed by atoms with E-state index in [9.17, 15) is 4.39 Å². The molecule has 1 aliphatic carbocycles. The van der Waals surface area contributed by atoms with Crippen molar-refractivity contribution in [2.45, 2.75) is 19.8 Å². The van der Waals surface area contributed by atoms with E-state index in [1.165, 1.54) is 6.08 Å². The van der Waals surface area contributed by atoms with Gasteiger partial charge in [-0.3, -0.25) is 0 Å². The number of hydrogen-bond donors (Lipinski definition) is 0. The topological polar surface area (TPSA) is 12.4 Å². The van der Waals surface area contributed by atoms with Crippen LogP contribution in [0.2, 0.25) is 0 Å². The highest BCUT2D eigenvalue weighted by atomic mass is 19.1. The van der Waals surface area contributed by atoms with Crippen molar-refractivity contribution < 1.29 is 4.39 Å². The third-order valence-corrected chi connectivity index (χ3v) is 2.13. The van der Waals surface area contributed by atoms with Crippen LogP contribution < -0.4 is 0 Å². The molecule has 0 spiro atoms. The summed E-state index contributed by atoms with van der Waals surface area (Å²) in [7, 11) is 0. The van der Waals surface area contributed by atoms with Gasteiger partial charge < -0.3 is 0 Å². The van der Waals surface area contributed by atoms with Crippen molar-refractivity contribution in [3.05, 3.63) is 23.7 Å². The lowest BCUT2D eigenvalue weighted by Gasteiger charge is -2.15. The molecule has 0 amide bonds. The van der Waals surface area contributed by atoms with Crippen molar-refractivity contribution in [2.24, 2.45) is 10.9 Å². The molecule has 0 saturated heterocycles. The van der Waals surface area contributed by atoms with Crippen molar-refractivity contribution in [3.8, 4) is 0 Å². The van der Waals surface area contributed by atoms with E-state index >= 15 is 0 Å². The highest BCUT2D eigenvalue weighted by Gasteiger charge is 2.20. The minimum Gasteiger partial charge on any atom is -0.224 e. The van der Waals surface area contributed by atoms with Crippen LogP contribution in [0.4, 0.5) is 4.39 Å². The first-order valence-corrected chi connectivity index (χ1v) is 3.91. The first kappa shape index (κ1) is 6.77. The second-order valence-electron chi connectivity index (χ2n) is 3.23. The molecule has 58 valence electrons. The zero-order valence-electron chi connectivity index (χ0n) is 6.47. The van der Waals surface area contributed by atoms with Gasteiger partial charge in [0.2, 0.25) is 5.95 Å². The monoisotopic (exact) mass is 151 g/mol. The van der Waals surface area contributed by atoms with Crippen LogP contribution in [0.3, 0.4) is 0 Å². The molecule has 2 rings (SSSR count). The zero-order valence-corrected chi connectivity index (χ0v) is 6.47. The molecule has 1 aliphatic heterocycles. The molecule has 0 aromatic carbocycles. The maximum atomic E-state index is 12.6. The van der Waals surface area contributed by atoms with Crippen LogP contribution in [0.15, 0.2) is 28.7 Å². The van der Waals surface area contributed by atoms with E-state index in [2.05, 4.69) is 18.0 Å². The molecule has 2 aliphatic rings. The molecule has 0 radical (unpaired) electrons. The molecule has 1 nitrogen and oxygen atoms in total. The van der Waals surface area contributed by atoms with E-state index in [0.717, 1.165) is 24.1 Å². The Morgan fingerprint density at radius 2 is 2.45 bits per heavy atom. The van der Waals surface area contributed by atoms with E-state index in [0.29, 0.717) is 5.92 Å². The minimum atomic E-state index is -0.333. The van der Waals surface area contributed by atoms with Gasteiger partial charge >= 0.3 is 0 Å². The average Bonchev–Trinajstić information content (AvgIpc) is 2.27. The van der Waals surface area contributed by atoms with Crippen LogP contribution in [-0.2, 0) is 0 Å². The SMILES string of the molecule is CC1CC=C2C=C(F)N=C2C1. The van der Waals surface area contributed by atoms with Crippen molar-refractivity contribution in [3.63, 3.8) is 0 Å². The predicted octanol–water partition coefficient (Wildman–Crippen LogP) is 2.61. The normalized spacial score (nSPS) is 28.9. The quantitative estimate of drug-likeness (QED) is 0.472. The number of fused-ring (bicyclic) bond motifs is 1. The number of rotatable bonds is 0. The van der Waals surface area contributed by atoms with Gasteiger partial charge in [0.25, 0.3) is 0 Å². The van der Waals surface area contributed by atoms with E-state index in [-0.39, 0.29) is 5.95 Å². The minimum absolute atomic E-state index is 0.333. The van der Waals surface area contributed by atoms with Gasteiger partial charge in [-0.15, -0.1) is 0 Å². The highest BCUT2D eigenvalue weighted by molar-refractivity contribution is 6.05. The summed E-state index contributed by atoms with van der Waals surface area (Å²) in [4.78, 5) is 3.80. The van der Waals surface area contributed by atoms with E-state index in [1.54, 1.807) is 0 Å². The Morgan fingerprint density at radius 3 is 3.27 bits per heavy atom. The lowest BCUT2D eigenvalue weighted by atomic mass is 9.90. The maximum Gasteiger partial charge on any atom is 0.213 e. The summed E-state index contributed by atoms with van der Waals surface area (Å²) in [6, 6.07) is 0. The Labute approximate surface area is 65.3 Å². The smallest absolute Gasteiger partial charge is 0.213 e. The summed E-state index contributed by atoms with van der Waals surface area (Å²) in [5, 5.41) is 0. The first-order valence-electron chi connectivity index (χ1n) is 3.91. The summed E-state index contributed by atoms with van der Waals surface area (Å²) in [5.74, 6) is 0.289. The van der Waals surface area contributed by atoms with Crippen molar-refractivity contribution in [1.82, 2.24) is 0 Å². The molecule has 0 fully saturated rings. The molecule has 0 aromatic heterocycles. The maximum absolute atomic E-state index is 12.6. The molecule has 0 aromatic rings. The van der Waals surface area contributed by atoms with Crippen LogP contribution in [-0.4, -0.2) is 5.71 Å². The fourth-order valence-electron chi connectivity index (χ4n) is 1.52. The van der Waals surface area contributed by atoms with Gasteiger partial charge in [-0.1, -0.05) is 13.0 Å². The fraction of sp³-hybridized carbons (Fsp3) is 0.444. The molecule has 1 heterocycles. The van der Waals surface area contributed by atoms with Gasteiger partial charge in [-0.05, 0) is 24.3 Å². The largest absolute Gasteiger partial charge is 0.224 e. The Bertz CT molecular complexity index is 273. The summed E-state index contributed by atoms with van der Waals surface area (Å²) in [6.45, 7) is 2.16. The third-order valence-electron chi connectivity index (χ3n) is 2.13. The summed E-state index contributed by atoms with van der Waals surface area (Å²) >= 11 is 0. The van der Waals surface area contributed by atoms with Crippen molar-refractivity contribution >= 4 is 5.71 Å². The molecule has 0 N–H and O–H groups in total. The predicted molar refractivity (Wildman–Crippen MR) is 43.1 cm³/mol. The first-order chi connectivity index (χ1) is 5.25. The molecular weight excluding hydrogens is 141 g/mol. The Morgan fingerprint density at radius 1 is 1.64 bits per heavy atom. The fourth-order valence-corrected chi connectivity index (χ4v) is 1.52. The molecule has 0 saturated carbocycles. The molecule has 1 unspecified atom stereocenters. The highest BCUT2D eigenvalue weighted by Crippen LogP contribution is 2.28. The number of hydrogen-bond acceptors (Lipinski definition) is 1. The van der Waals surface area contributed by atoms with Gasteiger partial charge in [-0.2, -0.15) is 4.39 Å². The van der Waals surface area contributed by atoms with Gasteiger partial charge in [-0.25, -0.2) is 4.99 Å². The van der Waals surface area contributed by atoms with Crippen molar-refractivity contribution in [1.29, 1.82) is 0 Å².